The molecule has 0 amide bonds. The Morgan fingerprint density at radius 2 is 1.90 bits per heavy atom. The van der Waals surface area contributed by atoms with E-state index in [1.165, 1.54) is 12.1 Å². The largest absolute Gasteiger partial charge is 0.475 e. The van der Waals surface area contributed by atoms with Gasteiger partial charge in [0.15, 0.2) is 17.3 Å². The summed E-state index contributed by atoms with van der Waals surface area (Å²) in [6.45, 7) is 6.07. The van der Waals surface area contributed by atoms with Crippen molar-refractivity contribution in [1.82, 2.24) is 24.5 Å². The molecule has 11 heteroatoms. The zero-order valence-corrected chi connectivity index (χ0v) is 22.3. The van der Waals surface area contributed by atoms with Crippen molar-refractivity contribution in [1.29, 1.82) is 0 Å². The van der Waals surface area contributed by atoms with Crippen LogP contribution in [0.1, 0.15) is 67.3 Å². The van der Waals surface area contributed by atoms with Crippen LogP contribution in [-0.2, 0) is 12.7 Å². The van der Waals surface area contributed by atoms with Crippen molar-refractivity contribution in [3.63, 3.8) is 0 Å². The van der Waals surface area contributed by atoms with Crippen LogP contribution in [0.25, 0.3) is 28.3 Å². The summed E-state index contributed by atoms with van der Waals surface area (Å²) in [4.78, 5) is 29.7. The SMILES string of the molecule is CC=C(C)c1ccnc(-c2nc3nc(C(=O)O)nc(N[C@H](C)C4CCC4)c3n2Cc2ccc(C(F)(F)F)cc2)c1. The van der Waals surface area contributed by atoms with Gasteiger partial charge in [-0.25, -0.2) is 19.7 Å². The fourth-order valence-corrected chi connectivity index (χ4v) is 4.80. The van der Waals surface area contributed by atoms with Crippen LogP contribution in [0.15, 0.2) is 48.7 Å². The number of aromatic carboxylic acids is 1. The van der Waals surface area contributed by atoms with Gasteiger partial charge >= 0.3 is 12.1 Å². The van der Waals surface area contributed by atoms with Gasteiger partial charge in [0.2, 0.25) is 5.82 Å². The van der Waals surface area contributed by atoms with Crippen LogP contribution in [0, 0.1) is 5.92 Å². The van der Waals surface area contributed by atoms with E-state index in [2.05, 4.69) is 20.3 Å². The van der Waals surface area contributed by atoms with Gasteiger partial charge in [0.25, 0.3) is 0 Å². The molecule has 208 valence electrons. The molecule has 8 nitrogen and oxygen atoms in total. The molecule has 1 atom stereocenters. The number of alkyl halides is 3. The van der Waals surface area contributed by atoms with E-state index in [9.17, 15) is 23.1 Å². The van der Waals surface area contributed by atoms with Crippen molar-refractivity contribution in [3.05, 3.63) is 71.2 Å². The highest BCUT2D eigenvalue weighted by Crippen LogP contribution is 2.34. The molecule has 0 saturated heterocycles. The predicted octanol–water partition coefficient (Wildman–Crippen LogP) is 6.68. The number of hydrogen-bond donors (Lipinski definition) is 2. The van der Waals surface area contributed by atoms with E-state index in [1.54, 1.807) is 10.8 Å². The van der Waals surface area contributed by atoms with E-state index in [-0.39, 0.29) is 18.2 Å². The summed E-state index contributed by atoms with van der Waals surface area (Å²) in [7, 11) is 0. The number of benzene rings is 1. The number of carboxylic acid groups (broad SMARTS) is 1. The highest BCUT2D eigenvalue weighted by atomic mass is 19.4. The molecule has 0 bridgehead atoms. The van der Waals surface area contributed by atoms with Crippen LogP contribution in [0.2, 0.25) is 0 Å². The van der Waals surface area contributed by atoms with Crippen molar-refractivity contribution >= 4 is 28.5 Å². The summed E-state index contributed by atoms with van der Waals surface area (Å²) in [5.74, 6) is -0.548. The lowest BCUT2D eigenvalue weighted by atomic mass is 9.80. The van der Waals surface area contributed by atoms with Crippen molar-refractivity contribution in [2.45, 2.75) is 58.8 Å². The van der Waals surface area contributed by atoms with Gasteiger partial charge < -0.3 is 15.0 Å². The molecule has 0 unspecified atom stereocenters. The Morgan fingerprint density at radius 1 is 1.18 bits per heavy atom. The molecule has 1 aromatic carbocycles. The molecule has 1 fully saturated rings. The predicted molar refractivity (Wildman–Crippen MR) is 146 cm³/mol. The van der Waals surface area contributed by atoms with Crippen molar-refractivity contribution in [2.75, 3.05) is 5.32 Å². The van der Waals surface area contributed by atoms with Gasteiger partial charge in [0, 0.05) is 18.8 Å². The standard InChI is InChI=1S/C29H29F3N6O2/c1-4-16(2)20-12-13-33-22(14-20)27-37-25-23(38(27)15-18-8-10-21(11-9-18)29(30,31)32)24(35-26(36-25)28(39)40)34-17(3)19-6-5-7-19/h4,8-14,17,19H,5-7,15H2,1-3H3,(H,39,40)(H,34,35,36)/t17-/m1/s1. The maximum atomic E-state index is 13.2. The van der Waals surface area contributed by atoms with Crippen molar-refractivity contribution in [3.8, 4) is 11.5 Å². The number of hydrogen-bond acceptors (Lipinski definition) is 6. The maximum absolute atomic E-state index is 13.2. The average Bonchev–Trinajstić information content (AvgIpc) is 3.25. The van der Waals surface area contributed by atoms with Gasteiger partial charge in [-0.15, -0.1) is 0 Å². The molecule has 1 aliphatic carbocycles. The van der Waals surface area contributed by atoms with E-state index in [0.29, 0.717) is 34.3 Å². The highest BCUT2D eigenvalue weighted by molar-refractivity contribution is 5.92. The summed E-state index contributed by atoms with van der Waals surface area (Å²) in [6.07, 6.45) is 2.44. The van der Waals surface area contributed by atoms with E-state index in [0.717, 1.165) is 42.5 Å². The van der Waals surface area contributed by atoms with Crippen LogP contribution >= 0.6 is 0 Å². The average molecular weight is 551 g/mol. The first-order chi connectivity index (χ1) is 19.0. The van der Waals surface area contributed by atoms with E-state index in [1.807, 2.05) is 39.0 Å². The summed E-state index contributed by atoms with van der Waals surface area (Å²) in [5, 5.41) is 13.1. The Labute approximate surface area is 229 Å². The quantitative estimate of drug-likeness (QED) is 0.252. The van der Waals surface area contributed by atoms with Gasteiger partial charge in [-0.3, -0.25) is 4.98 Å². The minimum absolute atomic E-state index is 0.0187. The van der Waals surface area contributed by atoms with Crippen molar-refractivity contribution < 1.29 is 23.1 Å². The normalized spacial score (nSPS) is 15.2. The first kappa shape index (κ1) is 27.3. The number of halogens is 3. The number of nitrogens with zero attached hydrogens (tertiary/aromatic N) is 5. The first-order valence-electron chi connectivity index (χ1n) is 13.1. The monoisotopic (exact) mass is 550 g/mol. The molecule has 1 saturated carbocycles. The molecule has 0 spiro atoms. The lowest BCUT2D eigenvalue weighted by Gasteiger charge is -2.32. The smallest absolute Gasteiger partial charge is 0.416 e. The third kappa shape index (κ3) is 5.41. The summed E-state index contributed by atoms with van der Waals surface area (Å²) in [5.41, 5.74) is 2.93. The summed E-state index contributed by atoms with van der Waals surface area (Å²) in [6, 6.07) is 8.68. The maximum Gasteiger partial charge on any atom is 0.416 e. The Morgan fingerprint density at radius 3 is 2.50 bits per heavy atom. The Balaban J connectivity index is 1.70. The highest BCUT2D eigenvalue weighted by Gasteiger charge is 2.30. The second-order valence-corrected chi connectivity index (χ2v) is 10.1. The van der Waals surface area contributed by atoms with E-state index >= 15 is 0 Å². The molecule has 5 rings (SSSR count). The third-order valence-electron chi connectivity index (χ3n) is 7.51. The van der Waals surface area contributed by atoms with E-state index < -0.39 is 23.5 Å². The van der Waals surface area contributed by atoms with Crippen LogP contribution < -0.4 is 5.32 Å². The minimum Gasteiger partial charge on any atom is -0.475 e. The lowest BCUT2D eigenvalue weighted by molar-refractivity contribution is -0.137. The zero-order valence-electron chi connectivity index (χ0n) is 22.3. The molecular formula is C29H29F3N6O2. The van der Waals surface area contributed by atoms with Gasteiger partial charge in [-0.1, -0.05) is 24.6 Å². The Bertz CT molecular complexity index is 1590. The fourth-order valence-electron chi connectivity index (χ4n) is 4.80. The number of anilines is 1. The lowest BCUT2D eigenvalue weighted by Crippen LogP contribution is -2.31. The fraction of sp³-hybridized carbons (Fsp3) is 0.345. The topological polar surface area (TPSA) is 106 Å². The molecule has 1 aliphatic rings. The number of fused-ring (bicyclic) bond motifs is 1. The molecule has 3 aromatic heterocycles. The Kier molecular flexibility index (Phi) is 7.31. The molecule has 4 aromatic rings. The number of imidazole rings is 1. The molecular weight excluding hydrogens is 521 g/mol. The molecule has 40 heavy (non-hydrogen) atoms. The molecule has 0 radical (unpaired) electrons. The number of nitrogens with one attached hydrogen (secondary N) is 1. The van der Waals surface area contributed by atoms with Crippen molar-refractivity contribution in [2.24, 2.45) is 5.92 Å². The van der Waals surface area contributed by atoms with E-state index in [4.69, 9.17) is 4.98 Å². The number of carboxylic acids is 1. The van der Waals surface area contributed by atoms with Gasteiger partial charge in [-0.2, -0.15) is 13.2 Å². The Hall–Kier alpha value is -4.28. The minimum atomic E-state index is -4.45. The number of pyridine rings is 1. The molecule has 2 N–H and O–H groups in total. The number of allylic oxidation sites excluding steroid dienone is 2. The van der Waals surface area contributed by atoms with Gasteiger partial charge in [0.05, 0.1) is 5.56 Å². The van der Waals surface area contributed by atoms with Crippen LogP contribution in [0.5, 0.6) is 0 Å². The summed E-state index contributed by atoms with van der Waals surface area (Å²) < 4.78 is 41.4. The van der Waals surface area contributed by atoms with Crippen LogP contribution in [0.3, 0.4) is 0 Å². The van der Waals surface area contributed by atoms with Gasteiger partial charge in [0.1, 0.15) is 11.2 Å². The molecule has 0 aliphatic heterocycles. The van der Waals surface area contributed by atoms with Crippen LogP contribution in [-0.4, -0.2) is 41.6 Å². The number of carbonyl (C=O) groups is 1. The molecule has 3 heterocycles. The first-order valence-corrected chi connectivity index (χ1v) is 13.1. The number of rotatable bonds is 8. The second kappa shape index (κ2) is 10.7. The summed E-state index contributed by atoms with van der Waals surface area (Å²) >= 11 is 0. The van der Waals surface area contributed by atoms with Crippen LogP contribution in [0.4, 0.5) is 19.0 Å². The second-order valence-electron chi connectivity index (χ2n) is 10.1. The number of aromatic nitrogens is 5. The van der Waals surface area contributed by atoms with Gasteiger partial charge in [-0.05, 0) is 80.5 Å². The third-order valence-corrected chi connectivity index (χ3v) is 7.51. The zero-order chi connectivity index (χ0) is 28.6.